The molecular formula is C23H31N5O3Si. The molecule has 0 aliphatic heterocycles. The summed E-state index contributed by atoms with van der Waals surface area (Å²) in [7, 11) is -1.19. The van der Waals surface area contributed by atoms with E-state index < -0.39 is 13.5 Å². The SMILES string of the molecule is CC(C)(C)C(=O)c1cn(COCC[Si](C)(C)C)c2ncc(Nc3ccc(C=O)nc3)nc12. The molecular weight excluding hydrogens is 422 g/mol. The van der Waals surface area contributed by atoms with E-state index >= 15 is 0 Å². The Morgan fingerprint density at radius 1 is 1.19 bits per heavy atom. The summed E-state index contributed by atoms with van der Waals surface area (Å²) in [5, 5.41) is 3.13. The predicted octanol–water partition coefficient (Wildman–Crippen LogP) is 4.92. The smallest absolute Gasteiger partial charge is 0.171 e. The van der Waals surface area contributed by atoms with Crippen LogP contribution in [0.1, 0.15) is 41.6 Å². The average Bonchev–Trinajstić information content (AvgIpc) is 3.07. The molecule has 0 radical (unpaired) electrons. The van der Waals surface area contributed by atoms with E-state index in [1.54, 1.807) is 30.7 Å². The number of hydrogen-bond acceptors (Lipinski definition) is 7. The zero-order chi connectivity index (χ0) is 23.5. The lowest BCUT2D eigenvalue weighted by molar-refractivity contribution is 0.0849. The lowest BCUT2D eigenvalue weighted by Gasteiger charge is -2.16. The summed E-state index contributed by atoms with van der Waals surface area (Å²) in [4.78, 5) is 37.2. The number of carbonyl (C=O) groups excluding carboxylic acids is 2. The molecule has 0 aliphatic carbocycles. The van der Waals surface area contributed by atoms with Crippen molar-refractivity contribution in [1.29, 1.82) is 0 Å². The molecule has 3 heterocycles. The van der Waals surface area contributed by atoms with Gasteiger partial charge in [-0.3, -0.25) is 14.6 Å². The molecule has 0 atom stereocenters. The third-order valence-electron chi connectivity index (χ3n) is 4.90. The van der Waals surface area contributed by atoms with Crippen molar-refractivity contribution in [1.82, 2.24) is 19.5 Å². The standard InChI is InChI=1S/C23H31N5O3Si/c1-23(2,3)21(30)18-13-28(15-31-9-10-32(4,5)6)22-20(18)27-19(12-25-22)26-16-7-8-17(14-29)24-11-16/h7-8,11-14H,9-10,15H2,1-6H3,(H,26,27). The van der Waals surface area contributed by atoms with Crippen LogP contribution in [0.4, 0.5) is 11.5 Å². The van der Waals surface area contributed by atoms with Crippen molar-refractivity contribution in [2.75, 3.05) is 11.9 Å². The zero-order valence-electron chi connectivity index (χ0n) is 19.6. The van der Waals surface area contributed by atoms with Crippen molar-refractivity contribution in [3.05, 3.63) is 42.0 Å². The Balaban J connectivity index is 1.91. The number of fused-ring (bicyclic) bond motifs is 1. The molecule has 3 aromatic rings. The Bertz CT molecular complexity index is 1110. The van der Waals surface area contributed by atoms with Gasteiger partial charge in [0.25, 0.3) is 0 Å². The lowest BCUT2D eigenvalue weighted by atomic mass is 9.87. The molecule has 0 bridgehead atoms. The molecule has 0 aliphatic rings. The molecule has 3 aromatic heterocycles. The highest BCUT2D eigenvalue weighted by Crippen LogP contribution is 2.28. The summed E-state index contributed by atoms with van der Waals surface area (Å²) >= 11 is 0. The Kier molecular flexibility index (Phi) is 6.90. The van der Waals surface area contributed by atoms with Gasteiger partial charge in [0.15, 0.2) is 17.7 Å². The van der Waals surface area contributed by atoms with E-state index in [4.69, 9.17) is 4.74 Å². The van der Waals surface area contributed by atoms with Crippen LogP contribution in [0, 0.1) is 5.41 Å². The molecule has 0 amide bonds. The second-order valence-corrected chi connectivity index (χ2v) is 15.7. The van der Waals surface area contributed by atoms with Crippen molar-refractivity contribution in [3.63, 3.8) is 0 Å². The van der Waals surface area contributed by atoms with Gasteiger partial charge in [-0.05, 0) is 18.2 Å². The minimum Gasteiger partial charge on any atom is -0.361 e. The first-order valence-electron chi connectivity index (χ1n) is 10.6. The molecule has 0 saturated carbocycles. The third kappa shape index (κ3) is 5.86. The average molecular weight is 454 g/mol. The molecule has 0 spiro atoms. The summed E-state index contributed by atoms with van der Waals surface area (Å²) in [6, 6.07) is 4.42. The van der Waals surface area contributed by atoms with Gasteiger partial charge >= 0.3 is 0 Å². The highest BCUT2D eigenvalue weighted by atomic mass is 28.3. The van der Waals surface area contributed by atoms with Gasteiger partial charge in [-0.1, -0.05) is 40.4 Å². The quantitative estimate of drug-likeness (QED) is 0.212. The molecule has 0 fully saturated rings. The highest BCUT2D eigenvalue weighted by molar-refractivity contribution is 6.76. The van der Waals surface area contributed by atoms with Gasteiger partial charge in [-0.2, -0.15) is 0 Å². The maximum atomic E-state index is 13.1. The van der Waals surface area contributed by atoms with Crippen molar-refractivity contribution >= 4 is 42.8 Å². The fraction of sp³-hybridized carbons (Fsp3) is 0.435. The Hall–Kier alpha value is -2.91. The van der Waals surface area contributed by atoms with Gasteiger partial charge in [0.05, 0.1) is 23.6 Å². The van der Waals surface area contributed by atoms with E-state index in [9.17, 15) is 9.59 Å². The number of hydrogen-bond donors (Lipinski definition) is 1. The summed E-state index contributed by atoms with van der Waals surface area (Å²) in [5.41, 5.74) is 2.11. The molecule has 1 N–H and O–H groups in total. The Labute approximate surface area is 189 Å². The maximum absolute atomic E-state index is 13.1. The van der Waals surface area contributed by atoms with Crippen LogP contribution in [0.3, 0.4) is 0 Å². The molecule has 32 heavy (non-hydrogen) atoms. The van der Waals surface area contributed by atoms with Crippen LogP contribution in [-0.2, 0) is 11.5 Å². The minimum absolute atomic E-state index is 0.00759. The fourth-order valence-electron chi connectivity index (χ4n) is 3.02. The van der Waals surface area contributed by atoms with Crippen molar-refractivity contribution in [3.8, 4) is 0 Å². The fourth-order valence-corrected chi connectivity index (χ4v) is 3.78. The van der Waals surface area contributed by atoms with Crippen LogP contribution in [0.5, 0.6) is 0 Å². The van der Waals surface area contributed by atoms with Crippen LogP contribution < -0.4 is 5.32 Å². The lowest BCUT2D eigenvalue weighted by Crippen LogP contribution is -2.22. The number of ether oxygens (including phenoxy) is 1. The Morgan fingerprint density at radius 3 is 2.53 bits per heavy atom. The van der Waals surface area contributed by atoms with Crippen LogP contribution in [0.15, 0.2) is 30.7 Å². The van der Waals surface area contributed by atoms with E-state index in [1.807, 2.05) is 25.3 Å². The van der Waals surface area contributed by atoms with Gasteiger partial charge < -0.3 is 14.6 Å². The van der Waals surface area contributed by atoms with E-state index in [-0.39, 0.29) is 5.78 Å². The van der Waals surface area contributed by atoms with Crippen LogP contribution in [0.2, 0.25) is 25.7 Å². The summed E-state index contributed by atoms with van der Waals surface area (Å²) in [5.74, 6) is 0.477. The number of aromatic nitrogens is 4. The summed E-state index contributed by atoms with van der Waals surface area (Å²) in [6.45, 7) is 13.6. The molecule has 0 saturated heterocycles. The van der Waals surface area contributed by atoms with Gasteiger partial charge in [0.1, 0.15) is 23.8 Å². The number of ketones is 1. The number of nitrogens with zero attached hydrogens (tertiary/aromatic N) is 4. The Morgan fingerprint density at radius 2 is 1.94 bits per heavy atom. The van der Waals surface area contributed by atoms with Gasteiger partial charge in [-0.25, -0.2) is 9.97 Å². The van der Waals surface area contributed by atoms with Crippen LogP contribution in [0.25, 0.3) is 11.2 Å². The highest BCUT2D eigenvalue weighted by Gasteiger charge is 2.28. The number of rotatable bonds is 9. The predicted molar refractivity (Wildman–Crippen MR) is 128 cm³/mol. The van der Waals surface area contributed by atoms with E-state index in [0.29, 0.717) is 53.6 Å². The largest absolute Gasteiger partial charge is 0.361 e. The molecule has 0 aromatic carbocycles. The second kappa shape index (κ2) is 9.29. The summed E-state index contributed by atoms with van der Waals surface area (Å²) < 4.78 is 7.74. The monoisotopic (exact) mass is 453 g/mol. The van der Waals surface area contributed by atoms with Crippen molar-refractivity contribution in [2.24, 2.45) is 5.41 Å². The maximum Gasteiger partial charge on any atom is 0.171 e. The number of aldehydes is 1. The first-order chi connectivity index (χ1) is 15.0. The minimum atomic E-state index is -1.19. The van der Waals surface area contributed by atoms with Crippen LogP contribution in [-0.4, -0.2) is 46.3 Å². The number of Topliss-reactive ketones (excluding diaryl/α,β-unsaturated/α-hetero) is 1. The first kappa shape index (κ1) is 23.7. The van der Waals surface area contributed by atoms with Crippen molar-refractivity contribution < 1.29 is 14.3 Å². The molecule has 0 unspecified atom stereocenters. The topological polar surface area (TPSA) is 99.0 Å². The third-order valence-corrected chi connectivity index (χ3v) is 6.60. The van der Waals surface area contributed by atoms with Gasteiger partial charge in [0.2, 0.25) is 0 Å². The number of anilines is 2. The van der Waals surface area contributed by atoms with E-state index in [1.165, 1.54) is 0 Å². The normalized spacial score (nSPS) is 12.2. The van der Waals surface area contributed by atoms with Crippen molar-refractivity contribution in [2.45, 2.75) is 53.2 Å². The summed E-state index contributed by atoms with van der Waals surface area (Å²) in [6.07, 6.45) is 5.64. The molecule has 3 rings (SSSR count). The number of carbonyl (C=O) groups is 2. The van der Waals surface area contributed by atoms with Gasteiger partial charge in [0, 0.05) is 26.3 Å². The van der Waals surface area contributed by atoms with Crippen LogP contribution >= 0.6 is 0 Å². The second-order valence-electron chi connectivity index (χ2n) is 10.1. The van der Waals surface area contributed by atoms with Gasteiger partial charge in [-0.15, -0.1) is 0 Å². The number of pyridine rings is 1. The zero-order valence-corrected chi connectivity index (χ0v) is 20.6. The van der Waals surface area contributed by atoms with E-state index in [2.05, 4.69) is 39.9 Å². The molecule has 9 heteroatoms. The molecule has 170 valence electrons. The molecule has 8 nitrogen and oxygen atoms in total. The first-order valence-corrected chi connectivity index (χ1v) is 14.4. The van der Waals surface area contributed by atoms with E-state index in [0.717, 1.165) is 6.04 Å². The number of nitrogens with one attached hydrogen (secondary N) is 1.